The number of rotatable bonds is 3. The summed E-state index contributed by atoms with van der Waals surface area (Å²) >= 11 is 1.94. The van der Waals surface area contributed by atoms with Crippen LogP contribution in [0.2, 0.25) is 0 Å². The van der Waals surface area contributed by atoms with Gasteiger partial charge in [0, 0.05) is 26.2 Å². The number of nitrogens with zero attached hydrogens (tertiary/aromatic N) is 3. The molecular weight excluding hydrogens is 260 g/mol. The number of thioether (sulfide) groups is 1. The number of aromatic nitrogens is 2. The van der Waals surface area contributed by atoms with E-state index >= 15 is 0 Å². The maximum Gasteiger partial charge on any atom is 0.239 e. The summed E-state index contributed by atoms with van der Waals surface area (Å²) in [5, 5.41) is 8.04. The van der Waals surface area contributed by atoms with Crippen molar-refractivity contribution in [2.24, 2.45) is 0 Å². The molecule has 6 heteroatoms. The minimum absolute atomic E-state index is 0.146. The number of hydrogen-bond donors (Lipinski definition) is 1. The molecule has 1 atom stereocenters. The summed E-state index contributed by atoms with van der Waals surface area (Å²) in [7, 11) is 0. The minimum Gasteiger partial charge on any atom is -0.338 e. The van der Waals surface area contributed by atoms with Crippen LogP contribution in [0.5, 0.6) is 0 Å². The number of piperazine rings is 1. The predicted octanol–water partition coefficient (Wildman–Crippen LogP) is 1.78. The molecule has 1 aromatic heterocycles. The molecule has 3 rings (SSSR count). The van der Waals surface area contributed by atoms with Gasteiger partial charge in [-0.1, -0.05) is 5.16 Å². The molecule has 2 aliphatic rings. The molecule has 0 radical (unpaired) electrons. The summed E-state index contributed by atoms with van der Waals surface area (Å²) in [5.74, 6) is 2.86. The Bertz CT molecular complexity index is 422. The SMILES string of the molecule is CC(C)(c1noc(C2CCCS2)n1)N1CCNCC1. The summed E-state index contributed by atoms with van der Waals surface area (Å²) in [6, 6.07) is 0. The van der Waals surface area contributed by atoms with Crippen molar-refractivity contribution in [3.63, 3.8) is 0 Å². The second-order valence-corrected chi connectivity index (χ2v) is 7.06. The van der Waals surface area contributed by atoms with Crippen molar-refractivity contribution in [1.82, 2.24) is 20.4 Å². The topological polar surface area (TPSA) is 54.2 Å². The molecule has 0 aromatic carbocycles. The molecule has 1 unspecified atom stereocenters. The maximum atomic E-state index is 5.50. The van der Waals surface area contributed by atoms with Gasteiger partial charge in [-0.15, -0.1) is 11.8 Å². The predicted molar refractivity (Wildman–Crippen MR) is 76.2 cm³/mol. The molecule has 5 nitrogen and oxygen atoms in total. The van der Waals surface area contributed by atoms with Crippen LogP contribution in [0.4, 0.5) is 0 Å². The van der Waals surface area contributed by atoms with Crippen LogP contribution in [0.3, 0.4) is 0 Å². The van der Waals surface area contributed by atoms with Gasteiger partial charge in [0.25, 0.3) is 0 Å². The molecule has 0 spiro atoms. The van der Waals surface area contributed by atoms with E-state index in [-0.39, 0.29) is 5.54 Å². The Kier molecular flexibility index (Phi) is 3.82. The standard InChI is InChI=1S/C13H22N4OS/c1-13(2,17-7-5-14-6-8-17)12-15-11(18-16-12)10-4-3-9-19-10/h10,14H,3-9H2,1-2H3. The first kappa shape index (κ1) is 13.4. The van der Waals surface area contributed by atoms with Gasteiger partial charge in [-0.2, -0.15) is 4.98 Å². The molecule has 2 aliphatic heterocycles. The monoisotopic (exact) mass is 282 g/mol. The smallest absolute Gasteiger partial charge is 0.239 e. The third-order valence-electron chi connectivity index (χ3n) is 4.10. The summed E-state index contributed by atoms with van der Waals surface area (Å²) in [6.07, 6.45) is 2.43. The van der Waals surface area contributed by atoms with E-state index < -0.39 is 0 Å². The zero-order valence-electron chi connectivity index (χ0n) is 11.7. The van der Waals surface area contributed by atoms with Gasteiger partial charge in [0.05, 0.1) is 10.8 Å². The van der Waals surface area contributed by atoms with Gasteiger partial charge in [-0.3, -0.25) is 4.90 Å². The van der Waals surface area contributed by atoms with Gasteiger partial charge in [0.1, 0.15) is 0 Å². The van der Waals surface area contributed by atoms with Gasteiger partial charge < -0.3 is 9.84 Å². The quantitative estimate of drug-likeness (QED) is 0.912. The molecule has 19 heavy (non-hydrogen) atoms. The Morgan fingerprint density at radius 3 is 2.84 bits per heavy atom. The Hall–Kier alpha value is -0.590. The van der Waals surface area contributed by atoms with Crippen molar-refractivity contribution in [2.45, 2.75) is 37.5 Å². The van der Waals surface area contributed by atoms with Gasteiger partial charge in [-0.25, -0.2) is 0 Å². The van der Waals surface area contributed by atoms with Crippen molar-refractivity contribution in [3.8, 4) is 0 Å². The van der Waals surface area contributed by atoms with Crippen LogP contribution in [0.25, 0.3) is 0 Å². The second-order valence-electron chi connectivity index (χ2n) is 5.75. The lowest BCUT2D eigenvalue weighted by molar-refractivity contribution is 0.0924. The highest BCUT2D eigenvalue weighted by molar-refractivity contribution is 7.99. The molecule has 0 bridgehead atoms. The van der Waals surface area contributed by atoms with Gasteiger partial charge in [0.2, 0.25) is 5.89 Å². The van der Waals surface area contributed by atoms with Gasteiger partial charge in [-0.05, 0) is 32.4 Å². The third-order valence-corrected chi connectivity index (χ3v) is 5.47. The van der Waals surface area contributed by atoms with Crippen LogP contribution in [0, 0.1) is 0 Å². The number of nitrogens with one attached hydrogen (secondary N) is 1. The van der Waals surface area contributed by atoms with E-state index in [2.05, 4.69) is 34.2 Å². The molecule has 0 saturated carbocycles. The molecule has 1 aromatic rings. The Morgan fingerprint density at radius 2 is 2.16 bits per heavy atom. The first-order valence-corrected chi connectivity index (χ1v) is 8.14. The second kappa shape index (κ2) is 5.42. The first-order valence-electron chi connectivity index (χ1n) is 7.09. The van der Waals surface area contributed by atoms with Crippen molar-refractivity contribution >= 4 is 11.8 Å². The van der Waals surface area contributed by atoms with Crippen molar-refractivity contribution in [1.29, 1.82) is 0 Å². The molecule has 0 aliphatic carbocycles. The summed E-state index contributed by atoms with van der Waals surface area (Å²) < 4.78 is 5.50. The fourth-order valence-corrected chi connectivity index (χ4v) is 3.94. The van der Waals surface area contributed by atoms with E-state index in [1.165, 1.54) is 18.6 Å². The highest BCUT2D eigenvalue weighted by atomic mass is 32.2. The Balaban J connectivity index is 1.76. The number of hydrogen-bond acceptors (Lipinski definition) is 6. The molecular formula is C13H22N4OS. The fraction of sp³-hybridized carbons (Fsp3) is 0.846. The molecule has 2 saturated heterocycles. The average molecular weight is 282 g/mol. The molecule has 2 fully saturated rings. The van der Waals surface area contributed by atoms with E-state index in [1.54, 1.807) is 0 Å². The zero-order chi connectivity index (χ0) is 13.3. The minimum atomic E-state index is -0.146. The van der Waals surface area contributed by atoms with E-state index in [1.807, 2.05) is 11.8 Å². The highest BCUT2D eigenvalue weighted by Gasteiger charge is 2.35. The van der Waals surface area contributed by atoms with Crippen molar-refractivity contribution in [3.05, 3.63) is 11.7 Å². The van der Waals surface area contributed by atoms with Crippen LogP contribution in [-0.4, -0.2) is 47.0 Å². The fourth-order valence-electron chi connectivity index (χ4n) is 2.75. The lowest BCUT2D eigenvalue weighted by atomic mass is 10.0. The summed E-state index contributed by atoms with van der Waals surface area (Å²) in [4.78, 5) is 7.11. The first-order chi connectivity index (χ1) is 9.18. The van der Waals surface area contributed by atoms with Crippen LogP contribution < -0.4 is 5.32 Å². The molecule has 3 heterocycles. The van der Waals surface area contributed by atoms with E-state index in [9.17, 15) is 0 Å². The van der Waals surface area contributed by atoms with E-state index in [0.717, 1.165) is 37.9 Å². The summed E-state index contributed by atoms with van der Waals surface area (Å²) in [5.41, 5.74) is -0.146. The molecule has 0 amide bonds. The average Bonchev–Trinajstić information content (AvgIpc) is 3.10. The molecule has 1 N–H and O–H groups in total. The van der Waals surface area contributed by atoms with Crippen LogP contribution >= 0.6 is 11.8 Å². The van der Waals surface area contributed by atoms with E-state index in [4.69, 9.17) is 4.52 Å². The zero-order valence-corrected chi connectivity index (χ0v) is 12.5. The summed E-state index contributed by atoms with van der Waals surface area (Å²) in [6.45, 7) is 8.52. The third kappa shape index (κ3) is 2.66. The van der Waals surface area contributed by atoms with Crippen LogP contribution in [-0.2, 0) is 5.54 Å². The van der Waals surface area contributed by atoms with Gasteiger partial charge >= 0.3 is 0 Å². The van der Waals surface area contributed by atoms with E-state index in [0.29, 0.717) is 5.25 Å². The normalized spacial score (nSPS) is 25.9. The Morgan fingerprint density at radius 1 is 1.37 bits per heavy atom. The Labute approximate surface area is 118 Å². The maximum absolute atomic E-state index is 5.50. The van der Waals surface area contributed by atoms with Crippen LogP contribution in [0.1, 0.15) is 43.7 Å². The van der Waals surface area contributed by atoms with Gasteiger partial charge in [0.15, 0.2) is 5.82 Å². The largest absolute Gasteiger partial charge is 0.338 e. The van der Waals surface area contributed by atoms with Crippen molar-refractivity contribution in [2.75, 3.05) is 31.9 Å². The highest BCUT2D eigenvalue weighted by Crippen LogP contribution is 2.39. The lowest BCUT2D eigenvalue weighted by Crippen LogP contribution is -2.52. The molecule has 106 valence electrons. The van der Waals surface area contributed by atoms with Crippen molar-refractivity contribution < 1.29 is 4.52 Å². The lowest BCUT2D eigenvalue weighted by Gasteiger charge is -2.38. The van der Waals surface area contributed by atoms with Crippen LogP contribution in [0.15, 0.2) is 4.52 Å².